The Bertz CT molecular complexity index is 193. The first-order valence-electron chi connectivity index (χ1n) is 4.62. The Morgan fingerprint density at radius 1 is 0.917 bits per heavy atom. The van der Waals surface area contributed by atoms with Crippen LogP contribution in [0.2, 0.25) is 6.04 Å². The van der Waals surface area contributed by atoms with Crippen molar-refractivity contribution in [3.8, 4) is 0 Å². The maximum absolute atomic E-state index is 3.48. The smallest absolute Gasteiger partial charge is 0.0222 e. The van der Waals surface area contributed by atoms with Gasteiger partial charge in [0.25, 0.3) is 0 Å². The molecule has 63 valence electrons. The molecule has 0 amide bonds. The van der Waals surface area contributed by atoms with Gasteiger partial charge in [0, 0.05) is 10.2 Å². The third kappa shape index (κ3) is 3.72. The molecule has 0 aromatic heterocycles. The van der Waals surface area contributed by atoms with Crippen LogP contribution in [0.3, 0.4) is 0 Å². The maximum atomic E-state index is 3.48. The Morgan fingerprint density at radius 2 is 1.67 bits per heavy atom. The predicted molar refractivity (Wildman–Crippen MR) is 54.6 cm³/mol. The number of hydrogen-bond donors (Lipinski definition) is 0. The molecule has 0 N–H and O–H groups in total. The van der Waals surface area contributed by atoms with E-state index in [1.54, 1.807) is 0 Å². The zero-order valence-corrected chi connectivity index (χ0v) is 8.42. The molecule has 0 saturated carbocycles. The standard InChI is InChI=1S/C11H15Si/c12-10-6-2-5-9-11-7-3-1-4-8-11/h1,3-4,7-8H,2,5-6,9-10H2. The fraction of sp³-hybridized carbons (Fsp3) is 0.455. The first-order chi connectivity index (χ1) is 5.93. The second kappa shape index (κ2) is 6.01. The molecule has 0 aliphatic carbocycles. The van der Waals surface area contributed by atoms with Crippen molar-refractivity contribution in [2.75, 3.05) is 0 Å². The summed E-state index contributed by atoms with van der Waals surface area (Å²) < 4.78 is 0. The lowest BCUT2D eigenvalue weighted by Gasteiger charge is -1.99. The zero-order valence-electron chi connectivity index (χ0n) is 7.42. The molecule has 1 aromatic carbocycles. The van der Waals surface area contributed by atoms with E-state index in [4.69, 9.17) is 0 Å². The van der Waals surface area contributed by atoms with E-state index in [2.05, 4.69) is 40.6 Å². The normalized spacial score (nSPS) is 10.1. The van der Waals surface area contributed by atoms with Crippen LogP contribution < -0.4 is 0 Å². The highest BCUT2D eigenvalue weighted by atomic mass is 28.1. The van der Waals surface area contributed by atoms with Crippen molar-refractivity contribution in [3.05, 3.63) is 35.9 Å². The Kier molecular flexibility index (Phi) is 4.77. The molecule has 0 aliphatic rings. The lowest BCUT2D eigenvalue weighted by Crippen LogP contribution is -1.84. The van der Waals surface area contributed by atoms with Gasteiger partial charge in [0.1, 0.15) is 0 Å². The van der Waals surface area contributed by atoms with Crippen LogP contribution in [0, 0.1) is 0 Å². The number of rotatable bonds is 5. The SMILES string of the molecule is [Si]CCCCCc1ccccc1. The van der Waals surface area contributed by atoms with Gasteiger partial charge in [0.2, 0.25) is 0 Å². The minimum Gasteiger partial charge on any atom is -0.0638 e. The predicted octanol–water partition coefficient (Wildman–Crippen LogP) is 2.99. The molecule has 0 unspecified atom stereocenters. The molecule has 0 heterocycles. The highest BCUT2D eigenvalue weighted by Crippen LogP contribution is 2.06. The van der Waals surface area contributed by atoms with E-state index in [0.29, 0.717) is 0 Å². The quantitative estimate of drug-likeness (QED) is 0.477. The van der Waals surface area contributed by atoms with E-state index in [1.807, 2.05) is 0 Å². The molecule has 1 rings (SSSR count). The van der Waals surface area contributed by atoms with Crippen LogP contribution in [0.4, 0.5) is 0 Å². The van der Waals surface area contributed by atoms with Crippen LogP contribution in [-0.4, -0.2) is 10.2 Å². The molecule has 3 radical (unpaired) electrons. The summed E-state index contributed by atoms with van der Waals surface area (Å²) in [6, 6.07) is 11.8. The van der Waals surface area contributed by atoms with E-state index in [-0.39, 0.29) is 0 Å². The van der Waals surface area contributed by atoms with Gasteiger partial charge in [0.15, 0.2) is 0 Å². The second-order valence-corrected chi connectivity index (χ2v) is 3.55. The summed E-state index contributed by atoms with van der Waals surface area (Å²) in [6.07, 6.45) is 5.17. The lowest BCUT2D eigenvalue weighted by atomic mass is 10.1. The van der Waals surface area contributed by atoms with Gasteiger partial charge < -0.3 is 0 Å². The molecule has 0 spiro atoms. The van der Waals surface area contributed by atoms with Gasteiger partial charge in [-0.25, -0.2) is 0 Å². The molecule has 0 atom stereocenters. The van der Waals surface area contributed by atoms with Crippen molar-refractivity contribution in [2.45, 2.75) is 31.7 Å². The fourth-order valence-electron chi connectivity index (χ4n) is 1.28. The Labute approximate surface area is 78.4 Å². The van der Waals surface area contributed by atoms with E-state index in [9.17, 15) is 0 Å². The Hall–Kier alpha value is -0.563. The van der Waals surface area contributed by atoms with Crippen LogP contribution in [-0.2, 0) is 6.42 Å². The summed E-state index contributed by atoms with van der Waals surface area (Å²) in [6.45, 7) is 0. The average Bonchev–Trinajstić information content (AvgIpc) is 2.14. The van der Waals surface area contributed by atoms with Crippen LogP contribution in [0.5, 0.6) is 0 Å². The van der Waals surface area contributed by atoms with Gasteiger partial charge in [-0.05, 0) is 18.4 Å². The van der Waals surface area contributed by atoms with Crippen molar-refractivity contribution in [2.24, 2.45) is 0 Å². The van der Waals surface area contributed by atoms with Crippen LogP contribution >= 0.6 is 0 Å². The highest BCUT2D eigenvalue weighted by Gasteiger charge is 1.90. The molecule has 0 fully saturated rings. The summed E-state index contributed by atoms with van der Waals surface area (Å²) in [5.41, 5.74) is 1.46. The maximum Gasteiger partial charge on any atom is 0.0222 e. The molecule has 0 aliphatic heterocycles. The Balaban J connectivity index is 2.16. The molecule has 0 saturated heterocycles. The van der Waals surface area contributed by atoms with Crippen molar-refractivity contribution < 1.29 is 0 Å². The lowest BCUT2D eigenvalue weighted by molar-refractivity contribution is 0.717. The second-order valence-electron chi connectivity index (χ2n) is 3.05. The van der Waals surface area contributed by atoms with Gasteiger partial charge >= 0.3 is 0 Å². The average molecular weight is 175 g/mol. The number of unbranched alkanes of at least 4 members (excludes halogenated alkanes) is 2. The molecule has 1 heteroatoms. The van der Waals surface area contributed by atoms with Crippen LogP contribution in [0.15, 0.2) is 30.3 Å². The molecular weight excluding hydrogens is 160 g/mol. The number of hydrogen-bond acceptors (Lipinski definition) is 0. The summed E-state index contributed by atoms with van der Waals surface area (Å²) in [5, 5.41) is 0. The highest BCUT2D eigenvalue weighted by molar-refractivity contribution is 6.08. The topological polar surface area (TPSA) is 0 Å². The van der Waals surface area contributed by atoms with Crippen molar-refractivity contribution in [3.63, 3.8) is 0 Å². The fourth-order valence-corrected chi connectivity index (χ4v) is 1.53. The van der Waals surface area contributed by atoms with Gasteiger partial charge in [-0.15, -0.1) is 0 Å². The van der Waals surface area contributed by atoms with Gasteiger partial charge in [-0.3, -0.25) is 0 Å². The Morgan fingerprint density at radius 3 is 2.33 bits per heavy atom. The van der Waals surface area contributed by atoms with Crippen molar-refractivity contribution >= 4 is 10.2 Å². The minimum atomic E-state index is 1.13. The monoisotopic (exact) mass is 175 g/mol. The molecule has 0 nitrogen and oxygen atoms in total. The summed E-state index contributed by atoms with van der Waals surface area (Å²) >= 11 is 0. The summed E-state index contributed by atoms with van der Waals surface area (Å²) in [4.78, 5) is 0. The van der Waals surface area contributed by atoms with Crippen LogP contribution in [0.25, 0.3) is 0 Å². The van der Waals surface area contributed by atoms with Crippen molar-refractivity contribution in [1.82, 2.24) is 0 Å². The largest absolute Gasteiger partial charge is 0.0638 e. The third-order valence-corrected chi connectivity index (χ3v) is 2.34. The van der Waals surface area contributed by atoms with E-state index >= 15 is 0 Å². The summed E-state index contributed by atoms with van der Waals surface area (Å²) in [7, 11) is 3.48. The molecule has 1 aromatic rings. The van der Waals surface area contributed by atoms with Gasteiger partial charge in [-0.1, -0.05) is 49.2 Å². The third-order valence-electron chi connectivity index (χ3n) is 1.99. The first-order valence-corrected chi connectivity index (χ1v) is 5.32. The number of aryl methyl sites for hydroxylation is 1. The van der Waals surface area contributed by atoms with E-state index < -0.39 is 0 Å². The van der Waals surface area contributed by atoms with Gasteiger partial charge in [0.05, 0.1) is 0 Å². The van der Waals surface area contributed by atoms with Crippen molar-refractivity contribution in [1.29, 1.82) is 0 Å². The van der Waals surface area contributed by atoms with Crippen LogP contribution in [0.1, 0.15) is 24.8 Å². The molecule has 12 heavy (non-hydrogen) atoms. The summed E-state index contributed by atoms with van der Waals surface area (Å²) in [5.74, 6) is 0. The minimum absolute atomic E-state index is 1.13. The molecular formula is C11H15Si. The van der Waals surface area contributed by atoms with E-state index in [0.717, 1.165) is 6.04 Å². The van der Waals surface area contributed by atoms with Gasteiger partial charge in [-0.2, -0.15) is 0 Å². The molecule has 0 bridgehead atoms. The number of benzene rings is 1. The zero-order chi connectivity index (χ0) is 8.65. The first kappa shape index (κ1) is 9.52. The van der Waals surface area contributed by atoms with E-state index in [1.165, 1.54) is 31.2 Å².